The quantitative estimate of drug-likeness (QED) is 0.862. The smallest absolute Gasteiger partial charge is 0.254 e. The number of nitrogens with zero attached hydrogens (tertiary/aromatic N) is 1. The fourth-order valence-corrected chi connectivity index (χ4v) is 2.97. The van der Waals surface area contributed by atoms with Gasteiger partial charge in [-0.15, -0.1) is 0 Å². The predicted octanol–water partition coefficient (Wildman–Crippen LogP) is 4.15. The average Bonchev–Trinajstić information content (AvgIpc) is 3.34. The van der Waals surface area contributed by atoms with E-state index in [1.165, 1.54) is 0 Å². The molecule has 22 heavy (non-hydrogen) atoms. The Labute approximate surface area is 135 Å². The fourth-order valence-electron chi connectivity index (χ4n) is 2.84. The van der Waals surface area contributed by atoms with Crippen LogP contribution in [0.15, 0.2) is 48.5 Å². The Morgan fingerprint density at radius 2 is 1.73 bits per heavy atom. The number of benzene rings is 2. The Kier molecular flexibility index (Phi) is 4.08. The molecule has 1 unspecified atom stereocenters. The largest absolute Gasteiger partial charge is 0.399 e. The zero-order valence-electron chi connectivity index (χ0n) is 12.5. The van der Waals surface area contributed by atoms with Gasteiger partial charge in [-0.1, -0.05) is 23.7 Å². The zero-order valence-corrected chi connectivity index (χ0v) is 13.3. The third-order valence-corrected chi connectivity index (χ3v) is 4.43. The van der Waals surface area contributed by atoms with Crippen molar-refractivity contribution in [3.05, 3.63) is 64.7 Å². The number of nitrogens with two attached hydrogens (primary N) is 1. The summed E-state index contributed by atoms with van der Waals surface area (Å²) in [6.45, 7) is 0. The molecule has 1 amide bonds. The summed E-state index contributed by atoms with van der Waals surface area (Å²) in [5, 5.41) is 0.714. The highest BCUT2D eigenvalue weighted by Crippen LogP contribution is 2.44. The second kappa shape index (κ2) is 6.01. The molecule has 1 aliphatic carbocycles. The molecule has 2 aromatic rings. The molecule has 1 fully saturated rings. The van der Waals surface area contributed by atoms with E-state index in [0.29, 0.717) is 22.2 Å². The van der Waals surface area contributed by atoms with Crippen molar-refractivity contribution in [3.63, 3.8) is 0 Å². The average molecular weight is 315 g/mol. The standard InChI is InChI=1S/C18H19ClN2O/c1-21(18(22)14-6-10-16(20)11-7-14)17(12-2-3-12)13-4-8-15(19)9-5-13/h4-12,17H,2-3,20H2,1H3. The first-order chi connectivity index (χ1) is 10.6. The predicted molar refractivity (Wildman–Crippen MR) is 89.9 cm³/mol. The molecule has 0 heterocycles. The molecule has 2 N–H and O–H groups in total. The van der Waals surface area contributed by atoms with Crippen LogP contribution in [0.4, 0.5) is 5.69 Å². The third-order valence-electron chi connectivity index (χ3n) is 4.18. The highest BCUT2D eigenvalue weighted by molar-refractivity contribution is 6.30. The van der Waals surface area contributed by atoms with Gasteiger partial charge in [-0.2, -0.15) is 0 Å². The summed E-state index contributed by atoms with van der Waals surface area (Å²) in [4.78, 5) is 14.6. The van der Waals surface area contributed by atoms with E-state index in [1.54, 1.807) is 24.3 Å². The van der Waals surface area contributed by atoms with Crippen LogP contribution < -0.4 is 5.73 Å². The summed E-state index contributed by atoms with van der Waals surface area (Å²) in [7, 11) is 1.87. The van der Waals surface area contributed by atoms with Crippen molar-refractivity contribution in [2.24, 2.45) is 5.92 Å². The highest BCUT2D eigenvalue weighted by Gasteiger charge is 2.37. The Morgan fingerprint density at radius 3 is 2.27 bits per heavy atom. The first kappa shape index (κ1) is 14.9. The molecule has 4 heteroatoms. The van der Waals surface area contributed by atoms with Crippen molar-refractivity contribution in [3.8, 4) is 0 Å². The molecule has 0 aromatic heterocycles. The second-order valence-corrected chi connectivity index (χ2v) is 6.31. The Bertz CT molecular complexity index is 662. The topological polar surface area (TPSA) is 46.3 Å². The molecule has 3 nitrogen and oxygen atoms in total. The normalized spacial score (nSPS) is 15.4. The van der Waals surface area contributed by atoms with Crippen molar-refractivity contribution in [1.29, 1.82) is 0 Å². The van der Waals surface area contributed by atoms with Crippen molar-refractivity contribution in [2.75, 3.05) is 12.8 Å². The van der Waals surface area contributed by atoms with E-state index in [-0.39, 0.29) is 11.9 Å². The first-order valence-corrected chi connectivity index (χ1v) is 7.82. The number of hydrogen-bond donors (Lipinski definition) is 1. The lowest BCUT2D eigenvalue weighted by atomic mass is 10.00. The summed E-state index contributed by atoms with van der Waals surface area (Å²) >= 11 is 5.97. The van der Waals surface area contributed by atoms with Crippen LogP contribution in [0.1, 0.15) is 34.8 Å². The highest BCUT2D eigenvalue weighted by atomic mass is 35.5. The van der Waals surface area contributed by atoms with Gasteiger partial charge in [0.25, 0.3) is 5.91 Å². The third kappa shape index (κ3) is 3.09. The number of nitrogen functional groups attached to an aromatic ring is 1. The van der Waals surface area contributed by atoms with E-state index in [1.807, 2.05) is 36.2 Å². The minimum atomic E-state index is 0.0202. The van der Waals surface area contributed by atoms with Gasteiger partial charge in [-0.3, -0.25) is 4.79 Å². The fraction of sp³-hybridized carbons (Fsp3) is 0.278. The molecular weight excluding hydrogens is 296 g/mol. The van der Waals surface area contributed by atoms with Crippen LogP contribution in [0.25, 0.3) is 0 Å². The summed E-state index contributed by atoms with van der Waals surface area (Å²) < 4.78 is 0. The monoisotopic (exact) mass is 314 g/mol. The lowest BCUT2D eigenvalue weighted by molar-refractivity contribution is 0.0711. The molecule has 3 rings (SSSR count). The summed E-state index contributed by atoms with van der Waals surface area (Å²) in [5.74, 6) is 0.552. The van der Waals surface area contributed by atoms with Gasteiger partial charge in [-0.25, -0.2) is 0 Å². The van der Waals surface area contributed by atoms with E-state index in [2.05, 4.69) is 0 Å². The van der Waals surface area contributed by atoms with Gasteiger partial charge in [0, 0.05) is 23.3 Å². The van der Waals surface area contributed by atoms with Gasteiger partial charge < -0.3 is 10.6 Å². The van der Waals surface area contributed by atoms with E-state index in [9.17, 15) is 4.79 Å². The molecule has 0 spiro atoms. The Morgan fingerprint density at radius 1 is 1.14 bits per heavy atom. The number of halogens is 1. The SMILES string of the molecule is CN(C(=O)c1ccc(N)cc1)C(c1ccc(Cl)cc1)C1CC1. The summed E-state index contributed by atoms with van der Waals surface area (Å²) in [6, 6.07) is 15.0. The maximum atomic E-state index is 12.7. The molecule has 0 saturated heterocycles. The van der Waals surface area contributed by atoms with Gasteiger partial charge in [0.05, 0.1) is 6.04 Å². The lowest BCUT2D eigenvalue weighted by Gasteiger charge is -2.29. The van der Waals surface area contributed by atoms with Crippen molar-refractivity contribution in [2.45, 2.75) is 18.9 Å². The number of carbonyl (C=O) groups is 1. The minimum absolute atomic E-state index is 0.0202. The molecule has 1 aliphatic rings. The number of amides is 1. The van der Waals surface area contributed by atoms with Crippen molar-refractivity contribution < 1.29 is 4.79 Å². The minimum Gasteiger partial charge on any atom is -0.399 e. The molecule has 1 saturated carbocycles. The summed E-state index contributed by atoms with van der Waals surface area (Å²) in [5.41, 5.74) is 8.15. The van der Waals surface area contributed by atoms with E-state index < -0.39 is 0 Å². The number of anilines is 1. The van der Waals surface area contributed by atoms with Crippen molar-refractivity contribution >= 4 is 23.2 Å². The van der Waals surface area contributed by atoms with E-state index >= 15 is 0 Å². The van der Waals surface area contributed by atoms with Crippen LogP contribution in [0.5, 0.6) is 0 Å². The van der Waals surface area contributed by atoms with Crippen LogP contribution >= 0.6 is 11.6 Å². The molecule has 0 bridgehead atoms. The molecule has 2 aromatic carbocycles. The van der Waals surface area contributed by atoms with Crippen molar-refractivity contribution in [1.82, 2.24) is 4.90 Å². The second-order valence-electron chi connectivity index (χ2n) is 5.87. The van der Waals surface area contributed by atoms with Crippen LogP contribution in [-0.4, -0.2) is 17.9 Å². The van der Waals surface area contributed by atoms with Crippen LogP contribution in [0, 0.1) is 5.92 Å². The first-order valence-electron chi connectivity index (χ1n) is 7.44. The summed E-state index contributed by atoms with van der Waals surface area (Å²) in [6.07, 6.45) is 2.32. The molecule has 0 aliphatic heterocycles. The molecule has 114 valence electrons. The number of rotatable bonds is 4. The van der Waals surface area contributed by atoms with Gasteiger partial charge >= 0.3 is 0 Å². The molecular formula is C18H19ClN2O. The van der Waals surface area contributed by atoms with Crippen LogP contribution in [-0.2, 0) is 0 Å². The van der Waals surface area contributed by atoms with Crippen LogP contribution in [0.2, 0.25) is 5.02 Å². The van der Waals surface area contributed by atoms with Gasteiger partial charge in [0.1, 0.15) is 0 Å². The number of hydrogen-bond acceptors (Lipinski definition) is 2. The molecule has 0 radical (unpaired) electrons. The van der Waals surface area contributed by atoms with Crippen LogP contribution in [0.3, 0.4) is 0 Å². The number of carbonyl (C=O) groups excluding carboxylic acids is 1. The molecule has 1 atom stereocenters. The lowest BCUT2D eigenvalue weighted by Crippen LogP contribution is -2.32. The van der Waals surface area contributed by atoms with E-state index in [4.69, 9.17) is 17.3 Å². The maximum Gasteiger partial charge on any atom is 0.254 e. The van der Waals surface area contributed by atoms with Gasteiger partial charge in [-0.05, 0) is 60.7 Å². The maximum absolute atomic E-state index is 12.7. The van der Waals surface area contributed by atoms with Gasteiger partial charge in [0.15, 0.2) is 0 Å². The van der Waals surface area contributed by atoms with E-state index in [0.717, 1.165) is 18.4 Å². The Hall–Kier alpha value is -2.00. The van der Waals surface area contributed by atoms with Gasteiger partial charge in [0.2, 0.25) is 0 Å². The Balaban J connectivity index is 1.86. The zero-order chi connectivity index (χ0) is 15.7.